The summed E-state index contributed by atoms with van der Waals surface area (Å²) in [4.78, 5) is 24.0. The number of nitrogens with zero attached hydrogens (tertiary/aromatic N) is 4. The Kier molecular flexibility index (Phi) is 6.37. The van der Waals surface area contributed by atoms with Crippen molar-refractivity contribution in [3.8, 4) is 0 Å². The van der Waals surface area contributed by atoms with Gasteiger partial charge in [-0.3, -0.25) is 4.79 Å². The number of aryl methyl sites for hydroxylation is 1. The highest BCUT2D eigenvalue weighted by Crippen LogP contribution is 2.36. The van der Waals surface area contributed by atoms with E-state index < -0.39 is 17.6 Å². The maximum Gasteiger partial charge on any atom is 0.416 e. The molecule has 30 heavy (non-hydrogen) atoms. The molecule has 2 aromatic rings. The van der Waals surface area contributed by atoms with Crippen molar-refractivity contribution < 1.29 is 18.0 Å². The molecule has 0 radical (unpaired) electrons. The highest BCUT2D eigenvalue weighted by Gasteiger charge is 2.32. The lowest BCUT2D eigenvalue weighted by Gasteiger charge is -2.34. The molecule has 0 saturated carbocycles. The van der Waals surface area contributed by atoms with Crippen LogP contribution in [0.1, 0.15) is 28.7 Å². The zero-order valence-corrected chi connectivity index (χ0v) is 17.3. The quantitative estimate of drug-likeness (QED) is 0.738. The van der Waals surface area contributed by atoms with Crippen LogP contribution in [-0.2, 0) is 12.6 Å². The van der Waals surface area contributed by atoms with E-state index in [1.165, 1.54) is 0 Å². The summed E-state index contributed by atoms with van der Waals surface area (Å²) in [6, 6.07) is 3.65. The Morgan fingerprint density at radius 1 is 1.20 bits per heavy atom. The predicted molar refractivity (Wildman–Crippen MR) is 109 cm³/mol. The number of likely N-dealkylation sites (N-methyl/N-ethyl adjacent to an activating group) is 1. The van der Waals surface area contributed by atoms with E-state index in [0.29, 0.717) is 30.9 Å². The number of hydrogen-bond donors (Lipinski definition) is 2. The highest BCUT2D eigenvalue weighted by atomic mass is 35.5. The van der Waals surface area contributed by atoms with Crippen LogP contribution in [0.3, 0.4) is 0 Å². The minimum absolute atomic E-state index is 0.0521. The Morgan fingerprint density at radius 3 is 2.43 bits per heavy atom. The average Bonchev–Trinajstić information content (AvgIpc) is 2.67. The van der Waals surface area contributed by atoms with Crippen molar-refractivity contribution in [3.05, 3.63) is 40.3 Å². The number of primary amides is 1. The van der Waals surface area contributed by atoms with Gasteiger partial charge in [0, 0.05) is 37.6 Å². The van der Waals surface area contributed by atoms with Crippen LogP contribution in [0, 0.1) is 0 Å². The maximum absolute atomic E-state index is 13.5. The number of hydrogen-bond acceptors (Lipinski definition) is 6. The first-order valence-corrected chi connectivity index (χ1v) is 9.75. The van der Waals surface area contributed by atoms with Crippen LogP contribution in [0.25, 0.3) is 0 Å². The Bertz CT molecular complexity index is 945. The van der Waals surface area contributed by atoms with Gasteiger partial charge < -0.3 is 20.9 Å². The summed E-state index contributed by atoms with van der Waals surface area (Å²) < 4.78 is 40.5. The molecule has 1 fully saturated rings. The third-order valence-corrected chi connectivity index (χ3v) is 5.17. The normalized spacial score (nSPS) is 15.3. The molecule has 3 rings (SSSR count). The topological polar surface area (TPSA) is 87.4 Å². The summed E-state index contributed by atoms with van der Waals surface area (Å²) >= 11 is 6.08. The molecular weight excluding hydrogens is 421 g/mol. The number of aromatic nitrogens is 2. The number of carbonyl (C=O) groups is 1. The van der Waals surface area contributed by atoms with Gasteiger partial charge in [0.25, 0.3) is 5.91 Å². The molecule has 1 aliphatic heterocycles. The van der Waals surface area contributed by atoms with E-state index >= 15 is 0 Å². The summed E-state index contributed by atoms with van der Waals surface area (Å²) in [6.07, 6.45) is -4.12. The van der Waals surface area contributed by atoms with E-state index in [1.54, 1.807) is 13.0 Å². The fourth-order valence-corrected chi connectivity index (χ4v) is 3.42. The number of nitrogens with one attached hydrogen (secondary N) is 1. The predicted octanol–water partition coefficient (Wildman–Crippen LogP) is 3.31. The lowest BCUT2D eigenvalue weighted by Crippen LogP contribution is -2.44. The fraction of sp³-hybridized carbons (Fsp3) is 0.421. The van der Waals surface area contributed by atoms with E-state index in [0.717, 1.165) is 25.2 Å². The SMILES string of the molecule is CCc1nc(C(N)=O)c(Nc2cc(N3CCN(C)CC3)cc(C(F)(F)F)c2)nc1Cl. The first kappa shape index (κ1) is 22.1. The number of piperazine rings is 1. The number of amides is 1. The number of carbonyl (C=O) groups excluding carboxylic acids is 1. The van der Waals surface area contributed by atoms with Crippen LogP contribution in [-0.4, -0.2) is 54.0 Å². The summed E-state index contributed by atoms with van der Waals surface area (Å²) in [5.74, 6) is -0.948. The Labute approximate surface area is 177 Å². The van der Waals surface area contributed by atoms with Crippen molar-refractivity contribution >= 4 is 34.7 Å². The standard InChI is InChI=1S/C19H22ClF3N6O/c1-3-14-16(20)27-18(15(26-14)17(24)30)25-12-8-11(19(21,22)23)9-13(10-12)29-6-4-28(2)5-7-29/h8-10H,3-7H2,1-2H3,(H2,24,30)(H,25,27). The van der Waals surface area contributed by atoms with Crippen LogP contribution in [0.2, 0.25) is 5.15 Å². The molecule has 1 aromatic carbocycles. The van der Waals surface area contributed by atoms with E-state index in [9.17, 15) is 18.0 Å². The number of benzene rings is 1. The van der Waals surface area contributed by atoms with Gasteiger partial charge in [-0.05, 0) is 31.7 Å². The van der Waals surface area contributed by atoms with Crippen molar-refractivity contribution in [3.63, 3.8) is 0 Å². The molecule has 3 N–H and O–H groups in total. The zero-order valence-electron chi connectivity index (χ0n) is 16.6. The van der Waals surface area contributed by atoms with Crippen molar-refractivity contribution in [2.45, 2.75) is 19.5 Å². The average molecular weight is 443 g/mol. The van der Waals surface area contributed by atoms with Gasteiger partial charge in [-0.25, -0.2) is 9.97 Å². The molecule has 2 heterocycles. The van der Waals surface area contributed by atoms with E-state index in [1.807, 2.05) is 11.9 Å². The molecule has 0 aliphatic carbocycles. The van der Waals surface area contributed by atoms with Gasteiger partial charge in [0.2, 0.25) is 0 Å². The molecule has 1 saturated heterocycles. The van der Waals surface area contributed by atoms with Crippen LogP contribution < -0.4 is 16.0 Å². The van der Waals surface area contributed by atoms with Crippen LogP contribution in [0.4, 0.5) is 30.4 Å². The monoisotopic (exact) mass is 442 g/mol. The van der Waals surface area contributed by atoms with Crippen molar-refractivity contribution in [1.82, 2.24) is 14.9 Å². The Morgan fingerprint density at radius 2 is 1.87 bits per heavy atom. The minimum atomic E-state index is -4.54. The molecular formula is C19H22ClF3N6O. The fourth-order valence-electron chi connectivity index (χ4n) is 3.16. The van der Waals surface area contributed by atoms with Crippen molar-refractivity contribution in [2.24, 2.45) is 5.73 Å². The second-order valence-corrected chi connectivity index (χ2v) is 7.42. The second kappa shape index (κ2) is 8.65. The maximum atomic E-state index is 13.5. The van der Waals surface area contributed by atoms with Gasteiger partial charge in [0.1, 0.15) is 0 Å². The van der Waals surface area contributed by atoms with Gasteiger partial charge in [0.15, 0.2) is 16.7 Å². The third kappa shape index (κ3) is 4.93. The molecule has 11 heteroatoms. The third-order valence-electron chi connectivity index (χ3n) is 4.86. The molecule has 1 aliphatic rings. The molecule has 7 nitrogen and oxygen atoms in total. The van der Waals surface area contributed by atoms with Gasteiger partial charge in [-0.1, -0.05) is 18.5 Å². The van der Waals surface area contributed by atoms with Gasteiger partial charge in [-0.2, -0.15) is 13.2 Å². The van der Waals surface area contributed by atoms with Gasteiger partial charge in [-0.15, -0.1) is 0 Å². The summed E-state index contributed by atoms with van der Waals surface area (Å²) in [7, 11) is 1.96. The minimum Gasteiger partial charge on any atom is -0.369 e. The molecule has 0 unspecified atom stereocenters. The van der Waals surface area contributed by atoms with Gasteiger partial charge in [0.05, 0.1) is 11.3 Å². The van der Waals surface area contributed by atoms with Gasteiger partial charge >= 0.3 is 6.18 Å². The summed E-state index contributed by atoms with van der Waals surface area (Å²) in [5, 5.41) is 2.80. The lowest BCUT2D eigenvalue weighted by atomic mass is 10.1. The number of anilines is 3. The lowest BCUT2D eigenvalue weighted by molar-refractivity contribution is -0.137. The molecule has 0 spiro atoms. The van der Waals surface area contributed by atoms with E-state index in [-0.39, 0.29) is 22.4 Å². The van der Waals surface area contributed by atoms with Crippen LogP contribution >= 0.6 is 11.6 Å². The molecule has 1 aromatic heterocycles. The van der Waals surface area contributed by atoms with Crippen molar-refractivity contribution in [2.75, 3.05) is 43.4 Å². The van der Waals surface area contributed by atoms with E-state index in [4.69, 9.17) is 17.3 Å². The van der Waals surface area contributed by atoms with Crippen LogP contribution in [0.15, 0.2) is 18.2 Å². The second-order valence-electron chi connectivity index (χ2n) is 7.06. The first-order chi connectivity index (χ1) is 14.1. The molecule has 162 valence electrons. The Balaban J connectivity index is 2.02. The first-order valence-electron chi connectivity index (χ1n) is 9.37. The molecule has 0 atom stereocenters. The Hall–Kier alpha value is -2.59. The number of alkyl halides is 3. The van der Waals surface area contributed by atoms with E-state index in [2.05, 4.69) is 20.2 Å². The smallest absolute Gasteiger partial charge is 0.369 e. The van der Waals surface area contributed by atoms with Crippen molar-refractivity contribution in [1.29, 1.82) is 0 Å². The number of rotatable bonds is 5. The molecule has 0 bridgehead atoms. The largest absolute Gasteiger partial charge is 0.416 e. The highest BCUT2D eigenvalue weighted by molar-refractivity contribution is 6.30. The summed E-state index contributed by atoms with van der Waals surface area (Å²) in [6.45, 7) is 4.46. The van der Waals surface area contributed by atoms with Crippen LogP contribution in [0.5, 0.6) is 0 Å². The zero-order chi connectivity index (χ0) is 22.1. The number of nitrogens with two attached hydrogens (primary N) is 1. The summed E-state index contributed by atoms with van der Waals surface area (Å²) in [5.41, 5.74) is 5.29. The number of halogens is 4. The molecule has 1 amide bonds.